The highest BCUT2D eigenvalue weighted by Gasteiger charge is 2.10. The molecule has 0 aliphatic heterocycles. The van der Waals surface area contributed by atoms with E-state index in [-0.39, 0.29) is 5.82 Å². The van der Waals surface area contributed by atoms with Crippen molar-refractivity contribution in [1.82, 2.24) is 14.6 Å². The van der Waals surface area contributed by atoms with Gasteiger partial charge in [0, 0.05) is 12.1 Å². The number of fused-ring (bicyclic) bond motifs is 1. The Hall–Kier alpha value is -2.73. The van der Waals surface area contributed by atoms with Crippen molar-refractivity contribution in [3.8, 4) is 11.3 Å². The Labute approximate surface area is 155 Å². The van der Waals surface area contributed by atoms with Gasteiger partial charge in [-0.15, -0.1) is 5.10 Å². The molecule has 0 saturated carbocycles. The Morgan fingerprint density at radius 2 is 1.81 bits per heavy atom. The Morgan fingerprint density at radius 3 is 2.46 bits per heavy atom. The van der Waals surface area contributed by atoms with Crippen LogP contribution in [0.25, 0.3) is 16.2 Å². The summed E-state index contributed by atoms with van der Waals surface area (Å²) in [6.45, 7) is 4.97. The standard InChI is InChI=1S/C20H19FN4S/c1-13(2)15-5-7-16(8-6-15)18-12-25-20(23-18)26-19(24-25)22-11-14-3-9-17(21)10-4-14/h3-10,12-13H,11H2,1-2H3,(H,22,24). The predicted octanol–water partition coefficient (Wildman–Crippen LogP) is 5.33. The Kier molecular flexibility index (Phi) is 4.42. The first-order chi connectivity index (χ1) is 12.6. The molecular weight excluding hydrogens is 347 g/mol. The van der Waals surface area contributed by atoms with Gasteiger partial charge in [0.1, 0.15) is 5.82 Å². The molecule has 0 spiro atoms. The van der Waals surface area contributed by atoms with E-state index >= 15 is 0 Å². The molecule has 0 amide bonds. The minimum absolute atomic E-state index is 0.226. The minimum atomic E-state index is -0.226. The number of imidazole rings is 1. The summed E-state index contributed by atoms with van der Waals surface area (Å²) in [4.78, 5) is 5.52. The second kappa shape index (κ2) is 6.88. The van der Waals surface area contributed by atoms with Crippen molar-refractivity contribution in [3.63, 3.8) is 0 Å². The molecular formula is C20H19FN4S. The van der Waals surface area contributed by atoms with E-state index < -0.39 is 0 Å². The van der Waals surface area contributed by atoms with Crippen molar-refractivity contribution in [2.45, 2.75) is 26.3 Å². The number of hydrogen-bond donors (Lipinski definition) is 1. The molecule has 2 aromatic carbocycles. The summed E-state index contributed by atoms with van der Waals surface area (Å²) in [5.41, 5.74) is 4.34. The Morgan fingerprint density at radius 1 is 1.08 bits per heavy atom. The molecule has 4 nitrogen and oxygen atoms in total. The van der Waals surface area contributed by atoms with Crippen LogP contribution in [0.1, 0.15) is 30.9 Å². The van der Waals surface area contributed by atoms with Crippen LogP contribution < -0.4 is 5.32 Å². The number of anilines is 1. The maximum atomic E-state index is 12.9. The van der Waals surface area contributed by atoms with Crippen molar-refractivity contribution >= 4 is 21.4 Å². The summed E-state index contributed by atoms with van der Waals surface area (Å²) in [6, 6.07) is 15.0. The molecule has 0 saturated heterocycles. The number of benzene rings is 2. The van der Waals surface area contributed by atoms with Crippen LogP contribution in [0, 0.1) is 5.82 Å². The number of nitrogens with one attached hydrogen (secondary N) is 1. The van der Waals surface area contributed by atoms with Crippen LogP contribution in [0.5, 0.6) is 0 Å². The van der Waals surface area contributed by atoms with Gasteiger partial charge < -0.3 is 5.32 Å². The summed E-state index contributed by atoms with van der Waals surface area (Å²) in [6.07, 6.45) is 1.94. The van der Waals surface area contributed by atoms with Crippen molar-refractivity contribution in [2.24, 2.45) is 0 Å². The largest absolute Gasteiger partial charge is 0.356 e. The number of aromatic nitrogens is 3. The van der Waals surface area contributed by atoms with Crippen LogP contribution in [0.2, 0.25) is 0 Å². The lowest BCUT2D eigenvalue weighted by Gasteiger charge is -2.05. The van der Waals surface area contributed by atoms with Crippen LogP contribution in [-0.2, 0) is 6.54 Å². The zero-order valence-electron chi connectivity index (χ0n) is 14.6. The number of halogens is 1. The first-order valence-corrected chi connectivity index (χ1v) is 9.35. The second-order valence-electron chi connectivity index (χ2n) is 6.52. The van der Waals surface area contributed by atoms with Gasteiger partial charge in [-0.25, -0.2) is 13.9 Å². The zero-order chi connectivity index (χ0) is 18.1. The molecule has 0 fully saturated rings. The quantitative estimate of drug-likeness (QED) is 0.519. The van der Waals surface area contributed by atoms with E-state index in [1.54, 1.807) is 16.6 Å². The molecule has 4 rings (SSSR count). The Balaban J connectivity index is 1.49. The summed E-state index contributed by atoms with van der Waals surface area (Å²) in [5.74, 6) is 0.293. The molecule has 0 bridgehead atoms. The maximum absolute atomic E-state index is 12.9. The lowest BCUT2D eigenvalue weighted by Crippen LogP contribution is -1.99. The van der Waals surface area contributed by atoms with Crippen LogP contribution in [-0.4, -0.2) is 14.6 Å². The van der Waals surface area contributed by atoms with E-state index in [0.717, 1.165) is 26.9 Å². The van der Waals surface area contributed by atoms with E-state index in [4.69, 9.17) is 0 Å². The first kappa shape index (κ1) is 16.7. The fourth-order valence-corrected chi connectivity index (χ4v) is 3.51. The van der Waals surface area contributed by atoms with E-state index in [1.807, 2.05) is 6.20 Å². The van der Waals surface area contributed by atoms with E-state index in [0.29, 0.717) is 12.5 Å². The SMILES string of the molecule is CC(C)c1ccc(-c2cn3nc(NCc4ccc(F)cc4)sc3n2)cc1. The van der Waals surface area contributed by atoms with Crippen molar-refractivity contribution < 1.29 is 4.39 Å². The average molecular weight is 366 g/mol. The molecule has 0 aliphatic rings. The second-order valence-corrected chi connectivity index (χ2v) is 7.47. The molecule has 26 heavy (non-hydrogen) atoms. The van der Waals surface area contributed by atoms with Crippen molar-refractivity contribution in [2.75, 3.05) is 5.32 Å². The Bertz CT molecular complexity index is 985. The van der Waals surface area contributed by atoms with Gasteiger partial charge in [-0.2, -0.15) is 0 Å². The smallest absolute Gasteiger partial charge is 0.214 e. The average Bonchev–Trinajstić information content (AvgIpc) is 3.20. The van der Waals surface area contributed by atoms with Gasteiger partial charge in [0.25, 0.3) is 0 Å². The highest BCUT2D eigenvalue weighted by Crippen LogP contribution is 2.26. The predicted molar refractivity (Wildman–Crippen MR) is 104 cm³/mol. The van der Waals surface area contributed by atoms with E-state index in [1.165, 1.54) is 29.0 Å². The highest BCUT2D eigenvalue weighted by molar-refractivity contribution is 7.20. The fourth-order valence-electron chi connectivity index (χ4n) is 2.73. The number of nitrogens with zero attached hydrogens (tertiary/aromatic N) is 3. The monoisotopic (exact) mass is 366 g/mol. The molecule has 132 valence electrons. The van der Waals surface area contributed by atoms with Crippen LogP contribution in [0.15, 0.2) is 54.7 Å². The molecule has 2 aromatic heterocycles. The molecule has 1 N–H and O–H groups in total. The summed E-state index contributed by atoms with van der Waals surface area (Å²) >= 11 is 1.50. The topological polar surface area (TPSA) is 42.2 Å². The van der Waals surface area contributed by atoms with Crippen LogP contribution in [0.3, 0.4) is 0 Å². The van der Waals surface area contributed by atoms with Gasteiger partial charge >= 0.3 is 0 Å². The maximum Gasteiger partial charge on any atom is 0.214 e. The fraction of sp³-hybridized carbons (Fsp3) is 0.200. The lowest BCUT2D eigenvalue weighted by molar-refractivity contribution is 0.627. The van der Waals surface area contributed by atoms with Crippen LogP contribution in [0.4, 0.5) is 9.52 Å². The molecule has 2 heterocycles. The molecule has 0 atom stereocenters. The van der Waals surface area contributed by atoms with Gasteiger partial charge in [-0.05, 0) is 29.2 Å². The molecule has 6 heteroatoms. The number of rotatable bonds is 5. The minimum Gasteiger partial charge on any atom is -0.356 e. The third kappa shape index (κ3) is 3.46. The molecule has 0 aliphatic carbocycles. The molecule has 0 radical (unpaired) electrons. The third-order valence-electron chi connectivity index (χ3n) is 4.27. The van der Waals surface area contributed by atoms with Crippen molar-refractivity contribution in [3.05, 3.63) is 71.7 Å². The van der Waals surface area contributed by atoms with Gasteiger partial charge in [0.05, 0.1) is 11.9 Å². The summed E-state index contributed by atoms with van der Waals surface area (Å²) in [5, 5.41) is 8.57. The summed E-state index contributed by atoms with van der Waals surface area (Å²) in [7, 11) is 0. The van der Waals surface area contributed by atoms with Gasteiger partial charge in [-0.1, -0.05) is 61.6 Å². The normalized spacial score (nSPS) is 11.4. The number of hydrogen-bond acceptors (Lipinski definition) is 4. The molecule has 4 aromatic rings. The van der Waals surface area contributed by atoms with Crippen LogP contribution >= 0.6 is 11.3 Å². The third-order valence-corrected chi connectivity index (χ3v) is 5.15. The van der Waals surface area contributed by atoms with Gasteiger partial charge in [-0.3, -0.25) is 0 Å². The lowest BCUT2D eigenvalue weighted by atomic mass is 10.0. The van der Waals surface area contributed by atoms with Gasteiger partial charge in [0.2, 0.25) is 10.1 Å². The zero-order valence-corrected chi connectivity index (χ0v) is 15.4. The van der Waals surface area contributed by atoms with Gasteiger partial charge in [0.15, 0.2) is 0 Å². The first-order valence-electron chi connectivity index (χ1n) is 8.53. The molecule has 0 unspecified atom stereocenters. The highest BCUT2D eigenvalue weighted by atomic mass is 32.1. The van der Waals surface area contributed by atoms with E-state index in [9.17, 15) is 4.39 Å². The van der Waals surface area contributed by atoms with Crippen molar-refractivity contribution in [1.29, 1.82) is 0 Å². The van der Waals surface area contributed by atoms with E-state index in [2.05, 4.69) is 53.5 Å². The summed E-state index contributed by atoms with van der Waals surface area (Å²) < 4.78 is 14.7.